The van der Waals surface area contributed by atoms with Crippen LogP contribution in [0.5, 0.6) is 0 Å². The van der Waals surface area contributed by atoms with Crippen LogP contribution in [-0.4, -0.2) is 13.1 Å². The molecular formula is C8H14O2. The molecule has 0 heterocycles. The summed E-state index contributed by atoms with van der Waals surface area (Å²) in [6.07, 6.45) is 1.97. The summed E-state index contributed by atoms with van der Waals surface area (Å²) in [4.78, 5) is 11.0. The highest BCUT2D eigenvalue weighted by Crippen LogP contribution is 2.45. The Morgan fingerprint density at radius 2 is 2.10 bits per heavy atom. The van der Waals surface area contributed by atoms with Crippen LogP contribution >= 0.6 is 0 Å². The lowest BCUT2D eigenvalue weighted by Crippen LogP contribution is -2.40. The van der Waals surface area contributed by atoms with Crippen LogP contribution in [-0.2, 0) is 9.53 Å². The Morgan fingerprint density at radius 3 is 2.40 bits per heavy atom. The zero-order valence-corrected chi connectivity index (χ0v) is 6.81. The Labute approximate surface area is 61.6 Å². The molecule has 0 radical (unpaired) electrons. The van der Waals surface area contributed by atoms with Crippen LogP contribution in [0.2, 0.25) is 0 Å². The average Bonchev–Trinajstić information content (AvgIpc) is 1.83. The normalized spacial score (nSPS) is 38.5. The predicted molar refractivity (Wildman–Crippen MR) is 38.5 cm³/mol. The Kier molecular flexibility index (Phi) is 1.71. The van der Waals surface area contributed by atoms with Gasteiger partial charge in [-0.3, -0.25) is 4.79 Å². The van der Waals surface area contributed by atoms with Crippen molar-refractivity contribution in [2.24, 2.45) is 11.3 Å². The van der Waals surface area contributed by atoms with Gasteiger partial charge < -0.3 is 4.74 Å². The van der Waals surface area contributed by atoms with E-state index in [2.05, 4.69) is 11.7 Å². The molecule has 0 bridgehead atoms. The lowest BCUT2D eigenvalue weighted by Gasteiger charge is -2.40. The molecule has 0 atom stereocenters. The summed E-state index contributed by atoms with van der Waals surface area (Å²) in [5.41, 5.74) is -0.159. The van der Waals surface area contributed by atoms with Crippen LogP contribution < -0.4 is 0 Å². The van der Waals surface area contributed by atoms with E-state index in [9.17, 15) is 4.79 Å². The van der Waals surface area contributed by atoms with Gasteiger partial charge in [0.2, 0.25) is 0 Å². The maximum Gasteiger partial charge on any atom is 0.311 e. The van der Waals surface area contributed by atoms with Crippen molar-refractivity contribution < 1.29 is 9.53 Å². The van der Waals surface area contributed by atoms with Gasteiger partial charge in [-0.25, -0.2) is 0 Å². The van der Waals surface area contributed by atoms with Gasteiger partial charge in [0.25, 0.3) is 0 Å². The molecule has 0 saturated heterocycles. The summed E-state index contributed by atoms with van der Waals surface area (Å²) < 4.78 is 4.67. The van der Waals surface area contributed by atoms with E-state index in [-0.39, 0.29) is 11.4 Å². The number of rotatable bonds is 1. The van der Waals surface area contributed by atoms with Gasteiger partial charge in [-0.05, 0) is 25.7 Å². The summed E-state index contributed by atoms with van der Waals surface area (Å²) in [6.45, 7) is 4.13. The van der Waals surface area contributed by atoms with Crippen LogP contribution in [0.4, 0.5) is 0 Å². The number of ether oxygens (including phenoxy) is 1. The zero-order valence-electron chi connectivity index (χ0n) is 6.81. The largest absolute Gasteiger partial charge is 0.469 e. The monoisotopic (exact) mass is 142 g/mol. The topological polar surface area (TPSA) is 26.3 Å². The average molecular weight is 142 g/mol. The first kappa shape index (κ1) is 7.58. The number of hydrogen-bond acceptors (Lipinski definition) is 2. The number of carbonyl (C=O) groups excluding carboxylic acids is 1. The highest BCUT2D eigenvalue weighted by molar-refractivity contribution is 5.77. The molecule has 0 N–H and O–H groups in total. The first-order chi connectivity index (χ1) is 4.58. The third-order valence-corrected chi connectivity index (χ3v) is 2.28. The van der Waals surface area contributed by atoms with Crippen molar-refractivity contribution in [3.05, 3.63) is 0 Å². The second-order valence-corrected chi connectivity index (χ2v) is 3.57. The van der Waals surface area contributed by atoms with Gasteiger partial charge in [0, 0.05) is 0 Å². The lowest BCUT2D eigenvalue weighted by molar-refractivity contribution is -0.159. The molecule has 0 spiro atoms. The number of esters is 1. The van der Waals surface area contributed by atoms with Gasteiger partial charge in [0.1, 0.15) is 0 Å². The van der Waals surface area contributed by atoms with Crippen molar-refractivity contribution in [1.82, 2.24) is 0 Å². The second-order valence-electron chi connectivity index (χ2n) is 3.57. The van der Waals surface area contributed by atoms with Crippen molar-refractivity contribution in [3.63, 3.8) is 0 Å². The number of hydrogen-bond donors (Lipinski definition) is 0. The lowest BCUT2D eigenvalue weighted by atomic mass is 9.64. The van der Waals surface area contributed by atoms with Crippen LogP contribution in [0.3, 0.4) is 0 Å². The third-order valence-electron chi connectivity index (χ3n) is 2.28. The van der Waals surface area contributed by atoms with Gasteiger partial charge in [-0.1, -0.05) is 6.92 Å². The van der Waals surface area contributed by atoms with Crippen molar-refractivity contribution in [2.45, 2.75) is 26.7 Å². The standard InChI is InChI=1S/C8H14O2/c1-6-4-8(2,5-6)7(9)10-3/h6H,4-5H2,1-3H3. The van der Waals surface area contributed by atoms with Crippen molar-refractivity contribution in [3.8, 4) is 0 Å². The van der Waals surface area contributed by atoms with Crippen LogP contribution in [0.15, 0.2) is 0 Å². The predicted octanol–water partition coefficient (Wildman–Crippen LogP) is 1.60. The molecule has 10 heavy (non-hydrogen) atoms. The molecule has 0 aromatic heterocycles. The molecule has 2 heteroatoms. The molecule has 0 aromatic carbocycles. The van der Waals surface area contributed by atoms with Gasteiger partial charge in [-0.15, -0.1) is 0 Å². The van der Waals surface area contributed by atoms with Gasteiger partial charge in [-0.2, -0.15) is 0 Å². The molecular weight excluding hydrogens is 128 g/mol. The van der Waals surface area contributed by atoms with Crippen molar-refractivity contribution in [1.29, 1.82) is 0 Å². The van der Waals surface area contributed by atoms with E-state index in [1.165, 1.54) is 7.11 Å². The van der Waals surface area contributed by atoms with E-state index >= 15 is 0 Å². The van der Waals surface area contributed by atoms with Gasteiger partial charge in [0.15, 0.2) is 0 Å². The van der Waals surface area contributed by atoms with E-state index in [0.717, 1.165) is 12.8 Å². The van der Waals surface area contributed by atoms with Crippen molar-refractivity contribution in [2.75, 3.05) is 7.11 Å². The molecule has 0 amide bonds. The number of carbonyl (C=O) groups is 1. The van der Waals surface area contributed by atoms with Gasteiger partial charge in [0.05, 0.1) is 12.5 Å². The first-order valence-corrected chi connectivity index (χ1v) is 3.67. The third kappa shape index (κ3) is 1.02. The minimum Gasteiger partial charge on any atom is -0.469 e. The van der Waals surface area contributed by atoms with Crippen LogP contribution in [0.25, 0.3) is 0 Å². The maximum atomic E-state index is 11.0. The summed E-state index contributed by atoms with van der Waals surface area (Å²) in [6, 6.07) is 0. The highest BCUT2D eigenvalue weighted by atomic mass is 16.5. The second kappa shape index (κ2) is 2.26. The highest BCUT2D eigenvalue weighted by Gasteiger charge is 2.44. The van der Waals surface area contributed by atoms with E-state index in [0.29, 0.717) is 5.92 Å². The summed E-state index contributed by atoms with van der Waals surface area (Å²) in [7, 11) is 1.45. The van der Waals surface area contributed by atoms with Gasteiger partial charge >= 0.3 is 5.97 Å². The quantitative estimate of drug-likeness (QED) is 0.520. The summed E-state index contributed by atoms with van der Waals surface area (Å²) in [5.74, 6) is 0.648. The Balaban J connectivity index is 2.48. The zero-order chi connectivity index (χ0) is 7.78. The minimum atomic E-state index is -0.159. The SMILES string of the molecule is COC(=O)C1(C)CC(C)C1. The number of methoxy groups -OCH3 is 1. The smallest absolute Gasteiger partial charge is 0.311 e. The summed E-state index contributed by atoms with van der Waals surface area (Å²) >= 11 is 0. The maximum absolute atomic E-state index is 11.0. The molecule has 0 aromatic rings. The molecule has 2 nitrogen and oxygen atoms in total. The molecule has 0 unspecified atom stereocenters. The molecule has 1 aliphatic carbocycles. The molecule has 0 aliphatic heterocycles. The molecule has 1 aliphatic rings. The Hall–Kier alpha value is -0.530. The fraction of sp³-hybridized carbons (Fsp3) is 0.875. The minimum absolute atomic E-state index is 0.0504. The fourth-order valence-electron chi connectivity index (χ4n) is 1.89. The van der Waals surface area contributed by atoms with E-state index in [4.69, 9.17) is 0 Å². The van der Waals surface area contributed by atoms with Crippen LogP contribution in [0.1, 0.15) is 26.7 Å². The first-order valence-electron chi connectivity index (χ1n) is 3.67. The summed E-state index contributed by atoms with van der Waals surface area (Å²) in [5, 5.41) is 0. The fourth-order valence-corrected chi connectivity index (χ4v) is 1.89. The molecule has 58 valence electrons. The Morgan fingerprint density at radius 1 is 1.60 bits per heavy atom. The van der Waals surface area contributed by atoms with Crippen molar-refractivity contribution >= 4 is 5.97 Å². The van der Waals surface area contributed by atoms with E-state index in [1.807, 2.05) is 6.92 Å². The molecule has 1 fully saturated rings. The molecule has 1 saturated carbocycles. The molecule has 1 rings (SSSR count). The Bertz CT molecular complexity index is 145. The van der Waals surface area contributed by atoms with E-state index < -0.39 is 0 Å². The van der Waals surface area contributed by atoms with Crippen LogP contribution in [0, 0.1) is 11.3 Å². The van der Waals surface area contributed by atoms with E-state index in [1.54, 1.807) is 0 Å².